The SMILES string of the molecule is Nc1c(OC(F)(F)F)ccc(CBr)c1F. The summed E-state index contributed by atoms with van der Waals surface area (Å²) < 4.78 is 52.2. The van der Waals surface area contributed by atoms with E-state index in [0.717, 1.165) is 6.07 Å². The molecule has 0 atom stereocenters. The Morgan fingerprint density at radius 3 is 2.40 bits per heavy atom. The van der Waals surface area contributed by atoms with Gasteiger partial charge in [0, 0.05) is 10.9 Å². The van der Waals surface area contributed by atoms with E-state index in [1.165, 1.54) is 6.07 Å². The second-order valence-corrected chi connectivity index (χ2v) is 3.19. The van der Waals surface area contributed by atoms with E-state index in [4.69, 9.17) is 5.73 Å². The zero-order valence-electron chi connectivity index (χ0n) is 7.24. The Hall–Kier alpha value is -0.980. The molecule has 0 heterocycles. The fourth-order valence-electron chi connectivity index (χ4n) is 0.937. The van der Waals surface area contributed by atoms with E-state index < -0.39 is 23.6 Å². The third kappa shape index (κ3) is 2.98. The van der Waals surface area contributed by atoms with E-state index >= 15 is 0 Å². The molecule has 7 heteroatoms. The number of ether oxygens (including phenoxy) is 1. The summed E-state index contributed by atoms with van der Waals surface area (Å²) in [5.74, 6) is -1.64. The molecule has 0 aliphatic rings. The Morgan fingerprint density at radius 1 is 1.33 bits per heavy atom. The number of halogens is 5. The standard InChI is InChI=1S/C8H6BrF4NO/c9-3-4-1-2-5(7(14)6(4)10)15-8(11,12)13/h1-2H,3,14H2. The number of rotatable bonds is 2. The molecule has 0 aromatic heterocycles. The van der Waals surface area contributed by atoms with Crippen molar-refractivity contribution in [3.8, 4) is 5.75 Å². The number of alkyl halides is 4. The highest BCUT2D eigenvalue weighted by atomic mass is 79.9. The van der Waals surface area contributed by atoms with Crippen molar-refractivity contribution in [3.63, 3.8) is 0 Å². The number of nitrogen functional groups attached to an aromatic ring is 1. The van der Waals surface area contributed by atoms with Crippen LogP contribution in [0.3, 0.4) is 0 Å². The van der Waals surface area contributed by atoms with E-state index in [0.29, 0.717) is 0 Å². The molecule has 0 aliphatic heterocycles. The largest absolute Gasteiger partial charge is 0.573 e. The van der Waals surface area contributed by atoms with Crippen LogP contribution in [0, 0.1) is 5.82 Å². The summed E-state index contributed by atoms with van der Waals surface area (Å²) in [4.78, 5) is 0. The van der Waals surface area contributed by atoms with E-state index in [1.807, 2.05) is 0 Å². The van der Waals surface area contributed by atoms with Crippen molar-refractivity contribution in [3.05, 3.63) is 23.5 Å². The van der Waals surface area contributed by atoms with Gasteiger partial charge in [-0.3, -0.25) is 0 Å². The lowest BCUT2D eigenvalue weighted by molar-refractivity contribution is -0.274. The minimum absolute atomic E-state index is 0.162. The first-order valence-electron chi connectivity index (χ1n) is 3.73. The Balaban J connectivity index is 3.07. The fourth-order valence-corrected chi connectivity index (χ4v) is 1.37. The van der Waals surface area contributed by atoms with Crippen LogP contribution in [-0.2, 0) is 5.33 Å². The summed E-state index contributed by atoms with van der Waals surface area (Å²) in [5.41, 5.74) is 4.67. The lowest BCUT2D eigenvalue weighted by atomic mass is 10.2. The van der Waals surface area contributed by atoms with Crippen LogP contribution in [0.1, 0.15) is 5.56 Å². The monoisotopic (exact) mass is 287 g/mol. The molecule has 0 unspecified atom stereocenters. The highest BCUT2D eigenvalue weighted by Gasteiger charge is 2.32. The zero-order valence-corrected chi connectivity index (χ0v) is 8.82. The number of nitrogens with two attached hydrogens (primary N) is 1. The van der Waals surface area contributed by atoms with Crippen molar-refractivity contribution in [2.24, 2.45) is 0 Å². The van der Waals surface area contributed by atoms with Crippen molar-refractivity contribution < 1.29 is 22.3 Å². The van der Waals surface area contributed by atoms with Crippen molar-refractivity contribution >= 4 is 21.6 Å². The highest BCUT2D eigenvalue weighted by molar-refractivity contribution is 9.08. The average molecular weight is 288 g/mol. The zero-order chi connectivity index (χ0) is 11.6. The first kappa shape index (κ1) is 12.1. The smallest absolute Gasteiger partial charge is 0.403 e. The Kier molecular flexibility index (Phi) is 3.43. The minimum Gasteiger partial charge on any atom is -0.403 e. The van der Waals surface area contributed by atoms with E-state index in [9.17, 15) is 17.6 Å². The van der Waals surface area contributed by atoms with Gasteiger partial charge in [-0.1, -0.05) is 22.0 Å². The van der Waals surface area contributed by atoms with Gasteiger partial charge in [-0.15, -0.1) is 13.2 Å². The van der Waals surface area contributed by atoms with Gasteiger partial charge in [0.05, 0.1) is 0 Å². The van der Waals surface area contributed by atoms with Crippen molar-refractivity contribution in [2.45, 2.75) is 11.7 Å². The van der Waals surface area contributed by atoms with Crippen LogP contribution >= 0.6 is 15.9 Å². The van der Waals surface area contributed by atoms with Crippen LogP contribution < -0.4 is 10.5 Å². The molecule has 84 valence electrons. The summed E-state index contributed by atoms with van der Waals surface area (Å²) in [6.45, 7) is 0. The van der Waals surface area contributed by atoms with Crippen molar-refractivity contribution in [1.29, 1.82) is 0 Å². The second kappa shape index (κ2) is 4.26. The molecule has 0 radical (unpaired) electrons. The van der Waals surface area contributed by atoms with Gasteiger partial charge in [-0.25, -0.2) is 4.39 Å². The van der Waals surface area contributed by atoms with E-state index in [1.54, 1.807) is 0 Å². The van der Waals surface area contributed by atoms with Crippen molar-refractivity contribution in [1.82, 2.24) is 0 Å². The number of anilines is 1. The average Bonchev–Trinajstić information content (AvgIpc) is 2.11. The minimum atomic E-state index is -4.88. The summed E-state index contributed by atoms with van der Waals surface area (Å²) in [6.07, 6.45) is -4.88. The van der Waals surface area contributed by atoms with Gasteiger partial charge in [-0.2, -0.15) is 0 Å². The lowest BCUT2D eigenvalue weighted by Gasteiger charge is -2.12. The fraction of sp³-hybridized carbons (Fsp3) is 0.250. The van der Waals surface area contributed by atoms with Gasteiger partial charge in [-0.05, 0) is 6.07 Å². The lowest BCUT2D eigenvalue weighted by Crippen LogP contribution is -2.18. The van der Waals surface area contributed by atoms with Gasteiger partial charge in [0.25, 0.3) is 0 Å². The molecule has 2 nitrogen and oxygen atoms in total. The number of hydrogen-bond acceptors (Lipinski definition) is 2. The first-order chi connectivity index (χ1) is 6.85. The van der Waals surface area contributed by atoms with Crippen LogP contribution in [0.2, 0.25) is 0 Å². The summed E-state index contributed by atoms with van der Waals surface area (Å²) in [7, 11) is 0. The third-order valence-corrected chi connectivity index (χ3v) is 2.19. The van der Waals surface area contributed by atoms with Crippen LogP contribution in [0.4, 0.5) is 23.2 Å². The molecule has 0 amide bonds. The first-order valence-corrected chi connectivity index (χ1v) is 4.86. The number of hydrogen-bond donors (Lipinski definition) is 1. The molecule has 0 saturated carbocycles. The van der Waals surface area contributed by atoms with Crippen LogP contribution in [-0.4, -0.2) is 6.36 Å². The molecule has 0 spiro atoms. The number of benzene rings is 1. The molecule has 0 saturated heterocycles. The van der Waals surface area contributed by atoms with Gasteiger partial charge < -0.3 is 10.5 Å². The molecule has 1 aromatic carbocycles. The summed E-state index contributed by atoms with van der Waals surface area (Å²) in [6, 6.07) is 2.14. The molecule has 15 heavy (non-hydrogen) atoms. The van der Waals surface area contributed by atoms with Crippen LogP contribution in [0.5, 0.6) is 5.75 Å². The molecule has 0 aliphatic carbocycles. The molecule has 0 bridgehead atoms. The summed E-state index contributed by atoms with van der Waals surface area (Å²) >= 11 is 2.97. The topological polar surface area (TPSA) is 35.2 Å². The molecule has 2 N–H and O–H groups in total. The van der Waals surface area contributed by atoms with E-state index in [-0.39, 0.29) is 10.9 Å². The maximum atomic E-state index is 13.2. The molecular formula is C8H6BrF4NO. The Labute approximate surface area is 91.1 Å². The predicted molar refractivity (Wildman–Crippen MR) is 50.1 cm³/mol. The molecular weight excluding hydrogens is 282 g/mol. The molecule has 1 aromatic rings. The maximum Gasteiger partial charge on any atom is 0.573 e. The van der Waals surface area contributed by atoms with E-state index in [2.05, 4.69) is 20.7 Å². The molecule has 0 fully saturated rings. The Bertz CT molecular complexity index is 366. The van der Waals surface area contributed by atoms with Gasteiger partial charge in [0.15, 0.2) is 11.6 Å². The third-order valence-electron chi connectivity index (χ3n) is 1.59. The summed E-state index contributed by atoms with van der Waals surface area (Å²) in [5, 5.41) is 0.162. The predicted octanol–water partition coefficient (Wildman–Crippen LogP) is 3.20. The van der Waals surface area contributed by atoms with Crippen LogP contribution in [0.15, 0.2) is 12.1 Å². The Morgan fingerprint density at radius 2 is 1.93 bits per heavy atom. The van der Waals surface area contributed by atoms with Crippen molar-refractivity contribution in [2.75, 3.05) is 5.73 Å². The van der Waals surface area contributed by atoms with Gasteiger partial charge in [0.2, 0.25) is 0 Å². The molecule has 1 rings (SSSR count). The van der Waals surface area contributed by atoms with Gasteiger partial charge >= 0.3 is 6.36 Å². The highest BCUT2D eigenvalue weighted by Crippen LogP contribution is 2.32. The normalized spacial score (nSPS) is 11.5. The second-order valence-electron chi connectivity index (χ2n) is 2.63. The maximum absolute atomic E-state index is 13.2. The quantitative estimate of drug-likeness (QED) is 0.515. The van der Waals surface area contributed by atoms with Gasteiger partial charge in [0.1, 0.15) is 5.69 Å². The van der Waals surface area contributed by atoms with Crippen LogP contribution in [0.25, 0.3) is 0 Å².